The summed E-state index contributed by atoms with van der Waals surface area (Å²) in [4.78, 5) is 24.4. The summed E-state index contributed by atoms with van der Waals surface area (Å²) in [5.74, 6) is 1.46. The van der Waals surface area contributed by atoms with Crippen molar-refractivity contribution in [2.24, 2.45) is 5.92 Å². The molecule has 0 spiro atoms. The fourth-order valence-corrected chi connectivity index (χ4v) is 4.76. The Morgan fingerprint density at radius 3 is 2.62 bits per heavy atom. The predicted octanol–water partition coefficient (Wildman–Crippen LogP) is 2.84. The van der Waals surface area contributed by atoms with E-state index in [-0.39, 0.29) is 5.56 Å². The van der Waals surface area contributed by atoms with Crippen LogP contribution in [-0.4, -0.2) is 23.1 Å². The van der Waals surface area contributed by atoms with Crippen LogP contribution in [0.2, 0.25) is 0 Å². The molecule has 0 unspecified atom stereocenters. The SMILES string of the molecule is CC[C@@H](C)Cc1c(C)sc2nc(C[NH+]3CCCCCC3)[nH]c(=O)c12. The normalized spacial score (nSPS) is 18.0. The molecule has 0 radical (unpaired) electrons. The van der Waals surface area contributed by atoms with Gasteiger partial charge in [0, 0.05) is 4.88 Å². The van der Waals surface area contributed by atoms with Gasteiger partial charge in [-0.15, -0.1) is 11.3 Å². The van der Waals surface area contributed by atoms with Crippen LogP contribution in [0, 0.1) is 12.8 Å². The number of thiophene rings is 1. The van der Waals surface area contributed by atoms with Crippen LogP contribution in [0.1, 0.15) is 62.2 Å². The van der Waals surface area contributed by atoms with Crippen molar-refractivity contribution in [1.82, 2.24) is 9.97 Å². The van der Waals surface area contributed by atoms with Crippen molar-refractivity contribution in [3.8, 4) is 0 Å². The number of aryl methyl sites for hydroxylation is 1. The van der Waals surface area contributed by atoms with Gasteiger partial charge in [0.15, 0.2) is 5.82 Å². The minimum Gasteiger partial charge on any atom is -0.329 e. The summed E-state index contributed by atoms with van der Waals surface area (Å²) in [7, 11) is 0. The molecule has 1 aliphatic rings. The number of quaternary nitrogens is 1. The second-order valence-corrected chi connectivity index (χ2v) is 8.59. The summed E-state index contributed by atoms with van der Waals surface area (Å²) in [6.45, 7) is 9.84. The second-order valence-electron chi connectivity index (χ2n) is 7.39. The third kappa shape index (κ3) is 3.89. The van der Waals surface area contributed by atoms with Crippen LogP contribution in [0.5, 0.6) is 0 Å². The highest BCUT2D eigenvalue weighted by molar-refractivity contribution is 7.18. The molecule has 1 saturated heterocycles. The largest absolute Gasteiger partial charge is 0.329 e. The maximum absolute atomic E-state index is 12.7. The van der Waals surface area contributed by atoms with Crippen LogP contribution in [0.15, 0.2) is 4.79 Å². The molecule has 3 heterocycles. The van der Waals surface area contributed by atoms with E-state index in [0.29, 0.717) is 5.92 Å². The first-order chi connectivity index (χ1) is 11.6. The Balaban J connectivity index is 1.89. The smallest absolute Gasteiger partial charge is 0.260 e. The molecule has 0 saturated carbocycles. The highest BCUT2D eigenvalue weighted by Gasteiger charge is 2.19. The molecule has 2 aromatic heterocycles. The highest BCUT2D eigenvalue weighted by Crippen LogP contribution is 2.29. The van der Waals surface area contributed by atoms with Gasteiger partial charge >= 0.3 is 0 Å². The van der Waals surface area contributed by atoms with Crippen LogP contribution in [0.4, 0.5) is 0 Å². The van der Waals surface area contributed by atoms with Gasteiger partial charge in [0.25, 0.3) is 5.56 Å². The topological polar surface area (TPSA) is 50.2 Å². The number of hydrogen-bond acceptors (Lipinski definition) is 3. The first-order valence-corrected chi connectivity index (χ1v) is 10.2. The second kappa shape index (κ2) is 7.79. The number of rotatable bonds is 5. The first-order valence-electron chi connectivity index (χ1n) is 9.43. The fraction of sp³-hybridized carbons (Fsp3) is 0.684. The van der Waals surface area contributed by atoms with Gasteiger partial charge in [0.2, 0.25) is 0 Å². The number of nitrogens with one attached hydrogen (secondary N) is 2. The van der Waals surface area contributed by atoms with Crippen molar-refractivity contribution in [3.05, 3.63) is 26.6 Å². The maximum Gasteiger partial charge on any atom is 0.260 e. The molecule has 24 heavy (non-hydrogen) atoms. The number of aromatic nitrogens is 2. The van der Waals surface area contributed by atoms with Gasteiger partial charge in [0.05, 0.1) is 18.5 Å². The Hall–Kier alpha value is -1.20. The highest BCUT2D eigenvalue weighted by atomic mass is 32.1. The van der Waals surface area contributed by atoms with Crippen molar-refractivity contribution >= 4 is 21.6 Å². The Bertz CT molecular complexity index is 741. The summed E-state index contributed by atoms with van der Waals surface area (Å²) < 4.78 is 0. The third-order valence-electron chi connectivity index (χ3n) is 5.39. The molecule has 3 rings (SSSR count). The van der Waals surface area contributed by atoms with E-state index in [1.165, 1.54) is 49.2 Å². The molecule has 4 nitrogen and oxygen atoms in total. The lowest BCUT2D eigenvalue weighted by atomic mass is 9.98. The lowest BCUT2D eigenvalue weighted by Crippen LogP contribution is -3.10. The summed E-state index contributed by atoms with van der Waals surface area (Å²) >= 11 is 1.69. The lowest BCUT2D eigenvalue weighted by Gasteiger charge is -2.16. The van der Waals surface area contributed by atoms with Gasteiger partial charge in [-0.2, -0.15) is 0 Å². The van der Waals surface area contributed by atoms with Crippen LogP contribution in [0.25, 0.3) is 10.2 Å². The predicted molar refractivity (Wildman–Crippen MR) is 101 cm³/mol. The van der Waals surface area contributed by atoms with Crippen LogP contribution < -0.4 is 10.5 Å². The van der Waals surface area contributed by atoms with Crippen molar-refractivity contribution in [3.63, 3.8) is 0 Å². The zero-order valence-corrected chi connectivity index (χ0v) is 16.0. The van der Waals surface area contributed by atoms with E-state index in [2.05, 4.69) is 25.8 Å². The van der Waals surface area contributed by atoms with Crippen molar-refractivity contribution in [1.29, 1.82) is 0 Å². The molecule has 0 amide bonds. The van der Waals surface area contributed by atoms with E-state index < -0.39 is 0 Å². The Kier molecular flexibility index (Phi) is 5.72. The zero-order valence-electron chi connectivity index (χ0n) is 15.2. The summed E-state index contributed by atoms with van der Waals surface area (Å²) in [5, 5.41) is 0.840. The molecule has 0 aromatic carbocycles. The van der Waals surface area contributed by atoms with Gasteiger partial charge < -0.3 is 9.88 Å². The molecule has 2 aromatic rings. The Morgan fingerprint density at radius 2 is 1.96 bits per heavy atom. The molecule has 1 aliphatic heterocycles. The maximum atomic E-state index is 12.7. The molecule has 0 aliphatic carbocycles. The van der Waals surface area contributed by atoms with E-state index in [1.807, 2.05) is 0 Å². The number of fused-ring (bicyclic) bond motifs is 1. The van der Waals surface area contributed by atoms with Crippen molar-refractivity contribution < 1.29 is 4.90 Å². The molecular weight excluding hydrogens is 318 g/mol. The Morgan fingerprint density at radius 1 is 1.25 bits per heavy atom. The monoisotopic (exact) mass is 348 g/mol. The van der Waals surface area contributed by atoms with E-state index in [9.17, 15) is 4.79 Å². The molecule has 1 atom stereocenters. The van der Waals surface area contributed by atoms with E-state index in [4.69, 9.17) is 4.98 Å². The van der Waals surface area contributed by atoms with Gasteiger partial charge in [-0.3, -0.25) is 4.79 Å². The van der Waals surface area contributed by atoms with E-state index in [0.717, 1.165) is 35.4 Å². The first kappa shape index (κ1) is 17.6. The summed E-state index contributed by atoms with van der Waals surface area (Å²) in [6.07, 6.45) is 7.38. The average molecular weight is 349 g/mol. The molecule has 2 N–H and O–H groups in total. The summed E-state index contributed by atoms with van der Waals surface area (Å²) in [5.41, 5.74) is 1.28. The van der Waals surface area contributed by atoms with Gasteiger partial charge in [0.1, 0.15) is 11.4 Å². The van der Waals surface area contributed by atoms with Crippen LogP contribution in [-0.2, 0) is 13.0 Å². The molecule has 5 heteroatoms. The molecule has 1 fully saturated rings. The minimum absolute atomic E-state index is 0.0619. The number of H-pyrrole nitrogens is 1. The zero-order chi connectivity index (χ0) is 17.1. The van der Waals surface area contributed by atoms with Crippen molar-refractivity contribution in [2.45, 2.75) is 65.8 Å². The van der Waals surface area contributed by atoms with Crippen molar-refractivity contribution in [2.75, 3.05) is 13.1 Å². The van der Waals surface area contributed by atoms with Gasteiger partial charge in [-0.25, -0.2) is 4.98 Å². The van der Waals surface area contributed by atoms with E-state index in [1.54, 1.807) is 16.2 Å². The summed E-state index contributed by atoms with van der Waals surface area (Å²) in [6, 6.07) is 0. The quantitative estimate of drug-likeness (QED) is 0.873. The van der Waals surface area contributed by atoms with Crippen LogP contribution in [0.3, 0.4) is 0 Å². The number of nitrogens with zero attached hydrogens (tertiary/aromatic N) is 1. The number of hydrogen-bond donors (Lipinski definition) is 2. The molecule has 0 bridgehead atoms. The molecule has 132 valence electrons. The standard InChI is InChI=1S/C19H29N3OS/c1-4-13(2)11-15-14(3)24-19-17(15)18(23)20-16(21-19)12-22-9-7-5-6-8-10-22/h13H,4-12H2,1-3H3,(H,20,21,23)/p+1/t13-/m1/s1. The minimum atomic E-state index is 0.0619. The van der Waals surface area contributed by atoms with Gasteiger partial charge in [-0.05, 0) is 50.5 Å². The number of likely N-dealkylation sites (tertiary alicyclic amines) is 1. The molecular formula is C19H30N3OS+. The number of aromatic amines is 1. The third-order valence-corrected chi connectivity index (χ3v) is 6.43. The fourth-order valence-electron chi connectivity index (χ4n) is 3.68. The van der Waals surface area contributed by atoms with Gasteiger partial charge in [-0.1, -0.05) is 20.3 Å². The lowest BCUT2D eigenvalue weighted by molar-refractivity contribution is -0.913. The van der Waals surface area contributed by atoms with E-state index >= 15 is 0 Å². The van der Waals surface area contributed by atoms with Crippen LogP contribution >= 0.6 is 11.3 Å². The average Bonchev–Trinajstić information content (AvgIpc) is 2.73. The Labute approximate surface area is 148 Å².